The molecule has 0 saturated carbocycles. The van der Waals surface area contributed by atoms with Crippen LogP contribution in [0.3, 0.4) is 0 Å². The van der Waals surface area contributed by atoms with Crippen LogP contribution in [0.15, 0.2) is 91.0 Å². The van der Waals surface area contributed by atoms with E-state index in [2.05, 4.69) is 94.4 Å². The van der Waals surface area contributed by atoms with Crippen LogP contribution in [0.25, 0.3) is 0 Å². The number of halogens is 5. The van der Waals surface area contributed by atoms with Crippen LogP contribution in [0.1, 0.15) is 153 Å². The molecule has 0 saturated heterocycles. The molecule has 8 amide bonds. The maximum absolute atomic E-state index is 13.8. The second-order valence-electron chi connectivity index (χ2n) is 31.1. The van der Waals surface area contributed by atoms with Crippen molar-refractivity contribution in [3.8, 4) is 0 Å². The van der Waals surface area contributed by atoms with E-state index in [0.29, 0.717) is 90.3 Å². The smallest absolute Gasteiger partial charge is 0.317 e. The number of rotatable bonds is 40. The molecule has 6 aliphatic heterocycles. The third-order valence-corrected chi connectivity index (χ3v) is 23.8. The summed E-state index contributed by atoms with van der Waals surface area (Å²) in [5, 5.41) is 15.0. The molecule has 115 heavy (non-hydrogen) atoms. The predicted molar refractivity (Wildman–Crippen MR) is 444 cm³/mol. The third kappa shape index (κ3) is 22.9. The molecule has 0 spiro atoms. The molecular weight excluding hydrogens is 1570 g/mol. The summed E-state index contributed by atoms with van der Waals surface area (Å²) in [6, 6.07) is 29.1. The lowest BCUT2D eigenvalue weighted by Gasteiger charge is -2.33. The standard InChI is InChI=1S/C86H106Cl5N11O13/c1-54-35-67-70(48-97(4)51-73(67)76(89)36-54)55-7-10-59-45-100(83(106)64(59)37-55)20-26-114-33-30-111-24-18-93-81(104)16-14-79(95-86(109)96(2)3)58(40-82(105)94-19-25-112-31-34-115-28-22-102-47-61-12-9-57(39-66(61)85(102)108)72-50-99(6)53-75-69(72)42-63(88)44-78(75)91)13-15-80(103)92-17-23-110-29-32-113-27-21-101-46-60-11-8-56(38-65(60)84(101)107)71-49-98(5)52-74-68(71)41-62(87)43-77(74)90/h7-12,35-39,41-44,58,70-72,79H,13-34,40,45-53H2,1-6H3,(H,92,103)(H,93,104)(H,94,105)(H,95,109). The van der Waals surface area contributed by atoms with Gasteiger partial charge in [0.2, 0.25) is 17.7 Å². The van der Waals surface area contributed by atoms with Gasteiger partial charge in [-0.15, -0.1) is 0 Å². The van der Waals surface area contributed by atoms with Crippen molar-refractivity contribution in [2.45, 2.75) is 102 Å². The van der Waals surface area contributed by atoms with Crippen LogP contribution < -0.4 is 21.3 Å². The fourth-order valence-corrected chi connectivity index (χ4v) is 17.9. The minimum absolute atomic E-state index is 0.00108. The minimum atomic E-state index is -0.692. The van der Waals surface area contributed by atoms with Gasteiger partial charge < -0.3 is 84.0 Å². The zero-order chi connectivity index (χ0) is 81.4. The lowest BCUT2D eigenvalue weighted by molar-refractivity contribution is -0.124. The van der Waals surface area contributed by atoms with E-state index in [-0.39, 0.29) is 164 Å². The Morgan fingerprint density at radius 2 is 0.783 bits per heavy atom. The number of carbonyl (C=O) groups is 7. The number of fused-ring (bicyclic) bond motifs is 6. The van der Waals surface area contributed by atoms with Crippen molar-refractivity contribution in [3.63, 3.8) is 0 Å². The molecule has 24 nitrogen and oxygen atoms in total. The van der Waals surface area contributed by atoms with E-state index >= 15 is 0 Å². The van der Waals surface area contributed by atoms with E-state index in [1.165, 1.54) is 10.5 Å². The molecule has 29 heteroatoms. The Morgan fingerprint density at radius 3 is 1.17 bits per heavy atom. The average molecular weight is 1680 g/mol. The highest BCUT2D eigenvalue weighted by molar-refractivity contribution is 6.36. The van der Waals surface area contributed by atoms with Gasteiger partial charge in [-0.05, 0) is 168 Å². The molecule has 4 N–H and O–H groups in total. The van der Waals surface area contributed by atoms with E-state index in [9.17, 15) is 33.6 Å². The third-order valence-electron chi connectivity index (χ3n) is 22.4. The Kier molecular flexibility index (Phi) is 31.2. The summed E-state index contributed by atoms with van der Waals surface area (Å²) < 4.78 is 35.1. The molecule has 0 fully saturated rings. The van der Waals surface area contributed by atoms with Crippen molar-refractivity contribution in [2.24, 2.45) is 5.92 Å². The zero-order valence-corrected chi connectivity index (χ0v) is 70.3. The van der Waals surface area contributed by atoms with Crippen LogP contribution in [-0.2, 0) is 82.1 Å². The average Bonchev–Trinajstić information content (AvgIpc) is 1.67. The van der Waals surface area contributed by atoms with E-state index in [0.717, 1.165) is 117 Å². The summed E-state index contributed by atoms with van der Waals surface area (Å²) in [6.07, 6.45) is 0.302. The molecule has 6 aromatic carbocycles. The monoisotopic (exact) mass is 1680 g/mol. The van der Waals surface area contributed by atoms with Gasteiger partial charge in [-0.25, -0.2) is 4.79 Å². The maximum Gasteiger partial charge on any atom is 0.317 e. The molecule has 0 bridgehead atoms. The molecule has 12 rings (SSSR count). The van der Waals surface area contributed by atoms with Crippen molar-refractivity contribution in [1.82, 2.24) is 55.6 Å². The Labute approximate surface area is 699 Å². The molecule has 5 unspecified atom stereocenters. The maximum atomic E-state index is 13.8. The van der Waals surface area contributed by atoms with Crippen molar-refractivity contribution in [3.05, 3.63) is 205 Å². The van der Waals surface area contributed by atoms with Crippen LogP contribution >= 0.6 is 58.0 Å². The zero-order valence-electron chi connectivity index (χ0n) is 66.5. The number of hydrogen-bond acceptors (Lipinski definition) is 16. The highest BCUT2D eigenvalue weighted by atomic mass is 35.5. The largest absolute Gasteiger partial charge is 0.377 e. The summed E-state index contributed by atoms with van der Waals surface area (Å²) in [4.78, 5) is 109. The second kappa shape index (κ2) is 41.3. The molecule has 6 aliphatic rings. The number of ether oxygens (including phenoxy) is 6. The number of aryl methyl sites for hydroxylation is 1. The summed E-state index contributed by atoms with van der Waals surface area (Å²) in [5.74, 6) is -1.48. The van der Waals surface area contributed by atoms with Crippen LogP contribution in [0.5, 0.6) is 0 Å². The second-order valence-corrected chi connectivity index (χ2v) is 33.2. The van der Waals surface area contributed by atoms with Crippen LogP contribution in [-0.4, -0.2) is 255 Å². The molecular formula is C86H106Cl5N11O13. The Morgan fingerprint density at radius 1 is 0.435 bits per heavy atom. The number of carbonyl (C=O) groups excluding carboxylic acids is 7. The van der Waals surface area contributed by atoms with Gasteiger partial charge in [0.1, 0.15) is 0 Å². The van der Waals surface area contributed by atoms with Crippen LogP contribution in [0.4, 0.5) is 4.79 Å². The number of amides is 8. The first-order valence-corrected chi connectivity index (χ1v) is 41.6. The number of nitrogens with one attached hydrogen (secondary N) is 4. The Balaban J connectivity index is 0.559. The number of likely N-dealkylation sites (N-methyl/N-ethyl adjacent to an activating group) is 3. The first-order chi connectivity index (χ1) is 55.4. The van der Waals surface area contributed by atoms with Gasteiger partial charge in [0, 0.05) is 197 Å². The van der Waals surface area contributed by atoms with Crippen LogP contribution in [0, 0.1) is 12.8 Å². The topological polar surface area (TPSA) is 246 Å². The van der Waals surface area contributed by atoms with E-state index in [4.69, 9.17) is 86.4 Å². The van der Waals surface area contributed by atoms with Gasteiger partial charge in [-0.1, -0.05) is 100 Å². The van der Waals surface area contributed by atoms with E-state index in [1.807, 2.05) is 48.5 Å². The van der Waals surface area contributed by atoms with Gasteiger partial charge in [0.15, 0.2) is 0 Å². The molecule has 0 aliphatic carbocycles. The molecule has 6 aromatic rings. The fourth-order valence-electron chi connectivity index (χ4n) is 16.4. The molecule has 618 valence electrons. The minimum Gasteiger partial charge on any atom is -0.377 e. The normalized spacial score (nSPS) is 17.7. The number of benzene rings is 6. The number of urea groups is 1. The SMILES string of the molecule is Cc1cc(Cl)c2c(c1)C(c1ccc3c(c1)C(=O)N(CCOCCOCCNC(=O)CCC(NC(=O)N(C)C)C(CCC(=O)NCCOCCOCCN1Cc4ccc(C5CN(C)Cc6c(Cl)cc(Cl)cc65)cc4C1=O)CC(=O)NCCOCCOCCN1Cc4ccc(C5CN(C)Cc6c(Cl)cc(Cl)cc65)cc4C1=O)C3)CN(C)C2. The van der Waals surface area contributed by atoms with Crippen molar-refractivity contribution in [2.75, 3.05) is 173 Å². The van der Waals surface area contributed by atoms with Crippen molar-refractivity contribution in [1.29, 1.82) is 0 Å². The molecule has 6 heterocycles. The first-order valence-electron chi connectivity index (χ1n) is 39.7. The summed E-state index contributed by atoms with van der Waals surface area (Å²) in [5.41, 5.74) is 15.9. The van der Waals surface area contributed by atoms with Gasteiger partial charge >= 0.3 is 6.03 Å². The molecule has 0 aromatic heterocycles. The van der Waals surface area contributed by atoms with Crippen molar-refractivity contribution >= 4 is 99.5 Å². The Bertz CT molecular complexity index is 4500. The quantitative estimate of drug-likeness (QED) is 0.0261. The molecule has 0 radical (unpaired) electrons. The van der Waals surface area contributed by atoms with Gasteiger partial charge in [-0.3, -0.25) is 28.8 Å². The Hall–Kier alpha value is -7.50. The van der Waals surface area contributed by atoms with E-state index in [1.54, 1.807) is 40.9 Å². The summed E-state index contributed by atoms with van der Waals surface area (Å²) in [7, 11) is 9.40. The lowest BCUT2D eigenvalue weighted by atomic mass is 9.83. The summed E-state index contributed by atoms with van der Waals surface area (Å²) >= 11 is 32.9. The van der Waals surface area contributed by atoms with Gasteiger partial charge in [-0.2, -0.15) is 0 Å². The lowest BCUT2D eigenvalue weighted by Crippen LogP contribution is -2.47. The van der Waals surface area contributed by atoms with E-state index < -0.39 is 18.0 Å². The first kappa shape index (κ1) is 86.8. The number of nitrogens with zero attached hydrogens (tertiary/aromatic N) is 7. The highest BCUT2D eigenvalue weighted by Gasteiger charge is 2.37. The van der Waals surface area contributed by atoms with Crippen molar-refractivity contribution < 1.29 is 62.0 Å². The summed E-state index contributed by atoms with van der Waals surface area (Å²) in [6.45, 7) is 13.1. The fraction of sp³-hybridized carbons (Fsp3) is 0.500. The van der Waals surface area contributed by atoms with Gasteiger partial charge in [0.25, 0.3) is 17.7 Å². The van der Waals surface area contributed by atoms with Gasteiger partial charge in [0.05, 0.1) is 79.3 Å². The highest BCUT2D eigenvalue weighted by Crippen LogP contribution is 2.43. The van der Waals surface area contributed by atoms with Crippen LogP contribution in [0.2, 0.25) is 25.1 Å². The number of hydrogen-bond donors (Lipinski definition) is 4. The predicted octanol–water partition coefficient (Wildman–Crippen LogP) is 10.9. The molecule has 5 atom stereocenters.